The average Bonchev–Trinajstić information content (AvgIpc) is 3.76. The third kappa shape index (κ3) is 5.23. The summed E-state index contributed by atoms with van der Waals surface area (Å²) in [4.78, 5) is 36.1. The third-order valence-electron chi connectivity index (χ3n) is 8.60. The number of benzene rings is 2. The van der Waals surface area contributed by atoms with Crippen molar-refractivity contribution in [2.24, 2.45) is 11.8 Å². The Kier molecular flexibility index (Phi) is 7.88. The maximum Gasteiger partial charge on any atom is 0.249 e. The van der Waals surface area contributed by atoms with Crippen molar-refractivity contribution >= 4 is 17.5 Å². The van der Waals surface area contributed by atoms with Gasteiger partial charge < -0.3 is 40.1 Å². The number of amides is 2. The molecule has 0 aliphatic carbocycles. The Bertz CT molecular complexity index is 1740. The van der Waals surface area contributed by atoms with E-state index < -0.39 is 35.4 Å². The SMILES string of the molecule is CC(C)C1NC(=O)[C@@H](NC(=O)[C@@H](O)C(C)C)Cc2ccc(O)c(c2)C2(CNc3ccccc32)c2oc1nc2-c1nc(CO)co1. The molecular formula is C33H37N5O7. The number of rotatable bonds is 6. The summed E-state index contributed by atoms with van der Waals surface area (Å²) < 4.78 is 12.5. The van der Waals surface area contributed by atoms with Crippen LogP contribution in [0.2, 0.25) is 0 Å². The molecule has 6 rings (SSSR count). The Hall–Kier alpha value is -4.68. The maximum atomic E-state index is 13.9. The van der Waals surface area contributed by atoms with Crippen LogP contribution in [0.4, 0.5) is 5.69 Å². The summed E-state index contributed by atoms with van der Waals surface area (Å²) in [6.07, 6.45) is 0.124. The van der Waals surface area contributed by atoms with Gasteiger partial charge in [0.1, 0.15) is 41.3 Å². The molecule has 4 bridgehead atoms. The fraction of sp³-hybridized carbons (Fsp3) is 0.394. The highest BCUT2D eigenvalue weighted by Gasteiger charge is 2.50. The van der Waals surface area contributed by atoms with Crippen molar-refractivity contribution in [3.8, 4) is 17.3 Å². The zero-order valence-corrected chi connectivity index (χ0v) is 25.5. The number of oxazole rings is 2. The van der Waals surface area contributed by atoms with Gasteiger partial charge in [-0.3, -0.25) is 9.59 Å². The van der Waals surface area contributed by atoms with Gasteiger partial charge in [-0.25, -0.2) is 9.97 Å². The van der Waals surface area contributed by atoms with Crippen molar-refractivity contribution in [2.75, 3.05) is 11.9 Å². The second kappa shape index (κ2) is 11.7. The number of nitrogens with zero attached hydrogens (tertiary/aromatic N) is 2. The standard InChI is InChI=1S/C33H37N5O7/c1-16(2)25-32-38-26(31-35-19(13-39)14-44-31)28(45-32)33(15-34-22-8-6-5-7-20(22)33)21-11-18(9-10-24(21)40)12-23(29(42)37-25)36-30(43)27(41)17(3)4/h5-11,14,16-17,23,25,27,34,39-41H,12-13,15H2,1-4H3,(H,36,43)(H,37,42)/t23-,25?,27-,33?/m0/s1. The van der Waals surface area contributed by atoms with Crippen LogP contribution in [0.3, 0.4) is 0 Å². The van der Waals surface area contributed by atoms with Gasteiger partial charge in [-0.05, 0) is 35.1 Å². The number of aliphatic hydroxyl groups is 2. The van der Waals surface area contributed by atoms with Crippen LogP contribution < -0.4 is 16.0 Å². The predicted molar refractivity (Wildman–Crippen MR) is 163 cm³/mol. The summed E-state index contributed by atoms with van der Waals surface area (Å²) >= 11 is 0. The van der Waals surface area contributed by atoms with Gasteiger partial charge in [0.15, 0.2) is 11.5 Å². The summed E-state index contributed by atoms with van der Waals surface area (Å²) in [5.74, 6) is -1.09. The average molecular weight is 616 g/mol. The Balaban J connectivity index is 1.62. The van der Waals surface area contributed by atoms with E-state index in [1.54, 1.807) is 32.0 Å². The Morgan fingerprint density at radius 1 is 1.13 bits per heavy atom. The molecule has 12 heteroatoms. The van der Waals surface area contributed by atoms with Crippen LogP contribution in [-0.4, -0.2) is 55.8 Å². The second-order valence-corrected chi connectivity index (χ2v) is 12.4. The number of carbonyl (C=O) groups excluding carboxylic acids is 2. The van der Waals surface area contributed by atoms with E-state index in [1.807, 2.05) is 38.1 Å². The molecule has 0 fully saturated rings. The summed E-state index contributed by atoms with van der Waals surface area (Å²) in [6.45, 7) is 7.19. The van der Waals surface area contributed by atoms with E-state index in [0.29, 0.717) is 22.6 Å². The third-order valence-corrected chi connectivity index (χ3v) is 8.60. The molecule has 0 saturated heterocycles. The fourth-order valence-electron chi connectivity index (χ4n) is 6.11. The molecule has 2 aromatic carbocycles. The Morgan fingerprint density at radius 3 is 2.62 bits per heavy atom. The first kappa shape index (κ1) is 30.4. The lowest BCUT2D eigenvalue weighted by Gasteiger charge is -2.31. The number of fused-ring (bicyclic) bond motifs is 8. The number of aliphatic hydroxyl groups excluding tert-OH is 2. The van der Waals surface area contributed by atoms with Gasteiger partial charge in [-0.2, -0.15) is 0 Å². The van der Waals surface area contributed by atoms with E-state index in [4.69, 9.17) is 13.8 Å². The van der Waals surface area contributed by atoms with E-state index in [1.165, 1.54) is 6.26 Å². The first-order valence-electron chi connectivity index (χ1n) is 15.0. The van der Waals surface area contributed by atoms with Gasteiger partial charge in [-0.1, -0.05) is 58.0 Å². The number of hydrogen-bond acceptors (Lipinski definition) is 10. The molecule has 1 spiro atoms. The smallest absolute Gasteiger partial charge is 0.249 e. The topological polar surface area (TPSA) is 183 Å². The van der Waals surface area contributed by atoms with Gasteiger partial charge in [0.05, 0.1) is 6.61 Å². The number of hydrogen-bond donors (Lipinski definition) is 6. The van der Waals surface area contributed by atoms with Crippen molar-refractivity contribution in [3.05, 3.63) is 82.8 Å². The minimum absolute atomic E-state index is 0.0117. The van der Waals surface area contributed by atoms with Crippen LogP contribution in [0.5, 0.6) is 5.75 Å². The first-order valence-corrected chi connectivity index (χ1v) is 15.0. The predicted octanol–water partition coefficient (Wildman–Crippen LogP) is 3.16. The van der Waals surface area contributed by atoms with Gasteiger partial charge in [0.25, 0.3) is 0 Å². The van der Waals surface area contributed by atoms with E-state index >= 15 is 0 Å². The zero-order valence-electron chi connectivity index (χ0n) is 25.5. The van der Waals surface area contributed by atoms with Gasteiger partial charge >= 0.3 is 0 Å². The fourth-order valence-corrected chi connectivity index (χ4v) is 6.11. The van der Waals surface area contributed by atoms with E-state index in [2.05, 4.69) is 20.9 Å². The minimum atomic E-state index is -1.30. The molecule has 2 aromatic heterocycles. The number of carbonyl (C=O) groups is 2. The number of aromatic nitrogens is 2. The number of nitrogens with one attached hydrogen (secondary N) is 3. The van der Waals surface area contributed by atoms with Crippen molar-refractivity contribution in [1.82, 2.24) is 20.6 Å². The van der Waals surface area contributed by atoms with Crippen molar-refractivity contribution < 1.29 is 33.7 Å². The highest BCUT2D eigenvalue weighted by molar-refractivity contribution is 5.90. The molecule has 4 aromatic rings. The summed E-state index contributed by atoms with van der Waals surface area (Å²) in [5.41, 5.74) is 2.25. The highest BCUT2D eigenvalue weighted by Crippen LogP contribution is 2.52. The maximum absolute atomic E-state index is 13.9. The van der Waals surface area contributed by atoms with Crippen LogP contribution in [0.25, 0.3) is 11.6 Å². The second-order valence-electron chi connectivity index (χ2n) is 12.4. The van der Waals surface area contributed by atoms with E-state index in [9.17, 15) is 24.9 Å². The van der Waals surface area contributed by atoms with Crippen molar-refractivity contribution in [1.29, 1.82) is 0 Å². The molecule has 0 radical (unpaired) electrons. The van der Waals surface area contributed by atoms with Gasteiger partial charge in [0, 0.05) is 24.2 Å². The van der Waals surface area contributed by atoms with Crippen LogP contribution in [0.15, 0.2) is 57.6 Å². The Labute approximate surface area is 259 Å². The molecule has 2 unspecified atom stereocenters. The number of phenols is 1. The van der Waals surface area contributed by atoms with Crippen LogP contribution in [0, 0.1) is 11.8 Å². The number of para-hydroxylation sites is 1. The van der Waals surface area contributed by atoms with Gasteiger partial charge in [-0.15, -0.1) is 0 Å². The lowest BCUT2D eigenvalue weighted by atomic mass is 9.72. The number of aromatic hydroxyl groups is 1. The molecule has 0 saturated carbocycles. The lowest BCUT2D eigenvalue weighted by Crippen LogP contribution is -2.52. The van der Waals surface area contributed by atoms with Crippen molar-refractivity contribution in [2.45, 2.75) is 64.3 Å². The molecule has 4 atom stereocenters. The highest BCUT2D eigenvalue weighted by atomic mass is 16.4. The molecular weight excluding hydrogens is 578 g/mol. The number of phenolic OH excluding ortho intramolecular Hbond substituents is 1. The van der Waals surface area contributed by atoms with Crippen molar-refractivity contribution in [3.63, 3.8) is 0 Å². The first-order chi connectivity index (χ1) is 21.5. The molecule has 236 valence electrons. The molecule has 2 amide bonds. The molecule has 12 nitrogen and oxygen atoms in total. The van der Waals surface area contributed by atoms with E-state index in [-0.39, 0.29) is 54.6 Å². The molecule has 2 aliphatic heterocycles. The Morgan fingerprint density at radius 2 is 1.91 bits per heavy atom. The quantitative estimate of drug-likeness (QED) is 0.188. The molecule has 6 N–H and O–H groups in total. The van der Waals surface area contributed by atoms with Crippen LogP contribution in [-0.2, 0) is 28.0 Å². The molecule has 4 heterocycles. The number of anilines is 1. The van der Waals surface area contributed by atoms with Crippen LogP contribution >= 0.6 is 0 Å². The molecule has 2 aliphatic rings. The monoisotopic (exact) mass is 615 g/mol. The van der Waals surface area contributed by atoms with E-state index in [0.717, 1.165) is 11.3 Å². The summed E-state index contributed by atoms with van der Waals surface area (Å²) in [6, 6.07) is 11.0. The molecule has 45 heavy (non-hydrogen) atoms. The normalized spacial score (nSPS) is 21.6. The summed E-state index contributed by atoms with van der Waals surface area (Å²) in [5, 5.41) is 40.9. The van der Waals surface area contributed by atoms with Crippen LogP contribution in [0.1, 0.15) is 67.8 Å². The lowest BCUT2D eigenvalue weighted by molar-refractivity contribution is -0.135. The summed E-state index contributed by atoms with van der Waals surface area (Å²) in [7, 11) is 0. The zero-order chi connectivity index (χ0) is 32.0. The largest absolute Gasteiger partial charge is 0.508 e. The minimum Gasteiger partial charge on any atom is -0.508 e. The van der Waals surface area contributed by atoms with Gasteiger partial charge in [0.2, 0.25) is 23.6 Å².